The van der Waals surface area contributed by atoms with E-state index in [4.69, 9.17) is 19.7 Å². The highest BCUT2D eigenvalue weighted by Gasteiger charge is 2.17. The standard InChI is InChI=1S/C33H29N5O6S/c1-43-31-20-22(10-18-29(31)39)8-16-27-33(36-35-24-12-14-26(15-13-24)45(34,41)42)28(38(37-27)25-6-4-3-5-7-25)17-9-23-11-19-30(40)32(21-23)44-2/h3-21,39-40H,1-2H3,(H2,34,41,42)/b16-8+,17-9+,36-35?. The van der Waals surface area contributed by atoms with Crippen LogP contribution in [0.4, 0.5) is 11.4 Å². The Labute approximate surface area is 259 Å². The van der Waals surface area contributed by atoms with Gasteiger partial charge in [0.1, 0.15) is 11.4 Å². The molecule has 0 saturated carbocycles. The number of aromatic hydroxyl groups is 2. The van der Waals surface area contributed by atoms with Crippen molar-refractivity contribution >= 4 is 45.7 Å². The number of sulfonamides is 1. The molecule has 0 fully saturated rings. The third-order valence-electron chi connectivity index (χ3n) is 6.63. The molecule has 0 amide bonds. The summed E-state index contributed by atoms with van der Waals surface area (Å²) < 4.78 is 35.6. The number of rotatable bonds is 10. The van der Waals surface area contributed by atoms with Gasteiger partial charge in [0.15, 0.2) is 23.0 Å². The predicted octanol–water partition coefficient (Wildman–Crippen LogP) is 6.70. The maximum atomic E-state index is 11.7. The third kappa shape index (κ3) is 7.26. The van der Waals surface area contributed by atoms with Crippen LogP contribution in [0.5, 0.6) is 23.0 Å². The van der Waals surface area contributed by atoms with Gasteiger partial charge in [-0.05, 0) is 83.9 Å². The molecule has 5 aromatic rings. The Kier molecular flexibility index (Phi) is 9.07. The lowest BCUT2D eigenvalue weighted by Crippen LogP contribution is -2.11. The van der Waals surface area contributed by atoms with Crippen molar-refractivity contribution in [3.63, 3.8) is 0 Å². The van der Waals surface area contributed by atoms with Crippen molar-refractivity contribution in [2.24, 2.45) is 15.4 Å². The van der Waals surface area contributed by atoms with Crippen LogP contribution < -0.4 is 14.6 Å². The lowest BCUT2D eigenvalue weighted by molar-refractivity contribution is 0.373. The molecule has 11 nitrogen and oxygen atoms in total. The minimum Gasteiger partial charge on any atom is -0.504 e. The fourth-order valence-corrected chi connectivity index (χ4v) is 4.84. The summed E-state index contributed by atoms with van der Waals surface area (Å²) in [7, 11) is -0.915. The van der Waals surface area contributed by atoms with Crippen LogP contribution in [0, 0.1) is 0 Å². The van der Waals surface area contributed by atoms with Crippen LogP contribution in [-0.4, -0.2) is 42.6 Å². The largest absolute Gasteiger partial charge is 0.504 e. The molecule has 12 heteroatoms. The summed E-state index contributed by atoms with van der Waals surface area (Å²) in [5.74, 6) is 0.682. The number of nitrogens with two attached hydrogens (primary N) is 1. The Hall–Kier alpha value is -5.72. The number of nitrogens with zero attached hydrogens (tertiary/aromatic N) is 4. The van der Waals surface area contributed by atoms with Crippen LogP contribution in [-0.2, 0) is 10.0 Å². The fraction of sp³-hybridized carbons (Fsp3) is 0.0606. The highest BCUT2D eigenvalue weighted by Crippen LogP contribution is 2.34. The summed E-state index contributed by atoms with van der Waals surface area (Å²) in [5, 5.41) is 39.1. The molecule has 1 aromatic heterocycles. The van der Waals surface area contributed by atoms with Crippen molar-refractivity contribution < 1.29 is 28.1 Å². The second-order valence-corrected chi connectivity index (χ2v) is 11.2. The van der Waals surface area contributed by atoms with Gasteiger partial charge in [0.05, 0.1) is 36.2 Å². The number of benzene rings is 4. The summed E-state index contributed by atoms with van der Waals surface area (Å²) in [6, 6.07) is 25.1. The van der Waals surface area contributed by atoms with E-state index in [1.165, 1.54) is 44.6 Å². The van der Waals surface area contributed by atoms with Crippen molar-refractivity contribution in [1.82, 2.24) is 9.78 Å². The molecule has 0 aliphatic carbocycles. The van der Waals surface area contributed by atoms with Crippen molar-refractivity contribution in [1.29, 1.82) is 0 Å². The van der Waals surface area contributed by atoms with Crippen molar-refractivity contribution in [3.8, 4) is 28.7 Å². The van der Waals surface area contributed by atoms with E-state index in [2.05, 4.69) is 10.2 Å². The molecular formula is C33H29N5O6S. The Morgan fingerprint density at radius 1 is 0.756 bits per heavy atom. The summed E-state index contributed by atoms with van der Waals surface area (Å²) in [6.07, 6.45) is 7.23. The van der Waals surface area contributed by atoms with Crippen LogP contribution in [0.2, 0.25) is 0 Å². The van der Waals surface area contributed by atoms with Gasteiger partial charge in [-0.3, -0.25) is 0 Å². The van der Waals surface area contributed by atoms with Crippen LogP contribution >= 0.6 is 0 Å². The van der Waals surface area contributed by atoms with Gasteiger partial charge in [0, 0.05) is 0 Å². The molecule has 0 radical (unpaired) electrons. The minimum atomic E-state index is -3.86. The van der Waals surface area contributed by atoms with E-state index >= 15 is 0 Å². The maximum Gasteiger partial charge on any atom is 0.238 e. The lowest BCUT2D eigenvalue weighted by atomic mass is 10.1. The first kappa shape index (κ1) is 30.7. The molecule has 0 unspecified atom stereocenters. The Morgan fingerprint density at radius 3 is 1.89 bits per heavy atom. The number of phenolic OH excluding ortho intramolecular Hbond substituents is 2. The van der Waals surface area contributed by atoms with E-state index in [9.17, 15) is 18.6 Å². The zero-order valence-electron chi connectivity index (χ0n) is 24.3. The molecular weight excluding hydrogens is 594 g/mol. The average Bonchev–Trinajstić information content (AvgIpc) is 3.40. The number of aromatic nitrogens is 2. The molecule has 4 N–H and O–H groups in total. The number of hydrogen-bond donors (Lipinski definition) is 3. The van der Waals surface area contributed by atoms with E-state index in [1.807, 2.05) is 42.5 Å². The second-order valence-electron chi connectivity index (χ2n) is 9.63. The van der Waals surface area contributed by atoms with Gasteiger partial charge in [0.25, 0.3) is 0 Å². The minimum absolute atomic E-state index is 0.0178. The molecule has 0 bridgehead atoms. The fourth-order valence-electron chi connectivity index (χ4n) is 4.33. The maximum absolute atomic E-state index is 11.7. The van der Waals surface area contributed by atoms with Gasteiger partial charge in [-0.15, -0.1) is 5.11 Å². The zero-order valence-corrected chi connectivity index (χ0v) is 25.1. The van der Waals surface area contributed by atoms with E-state index in [0.717, 1.165) is 16.8 Å². The topological polar surface area (TPSA) is 162 Å². The number of methoxy groups -OCH3 is 2. The smallest absolute Gasteiger partial charge is 0.238 e. The molecule has 0 saturated heterocycles. The molecule has 0 aliphatic rings. The summed E-state index contributed by atoms with van der Waals surface area (Å²) in [6.45, 7) is 0. The molecule has 45 heavy (non-hydrogen) atoms. The number of primary sulfonamides is 1. The monoisotopic (exact) mass is 623 g/mol. The quantitative estimate of drug-likeness (QED) is 0.146. The SMILES string of the molecule is COc1cc(/C=C/c2nn(-c3ccccc3)c(/C=C/c3ccc(O)c(OC)c3)c2N=Nc2ccc(S(N)(=O)=O)cc2)ccc1O. The first-order chi connectivity index (χ1) is 21.7. The Bertz CT molecular complexity index is 2020. The molecule has 1 heterocycles. The van der Waals surface area contributed by atoms with Crippen molar-refractivity contribution in [3.05, 3.63) is 114 Å². The van der Waals surface area contributed by atoms with E-state index in [0.29, 0.717) is 34.3 Å². The first-order valence-corrected chi connectivity index (χ1v) is 15.0. The second kappa shape index (κ2) is 13.3. The highest BCUT2D eigenvalue weighted by atomic mass is 32.2. The summed E-state index contributed by atoms with van der Waals surface area (Å²) in [5.41, 5.74) is 4.12. The highest BCUT2D eigenvalue weighted by molar-refractivity contribution is 7.89. The average molecular weight is 624 g/mol. The normalized spacial score (nSPS) is 12.0. The number of para-hydroxylation sites is 1. The van der Waals surface area contributed by atoms with Gasteiger partial charge in [0.2, 0.25) is 10.0 Å². The molecule has 0 aliphatic heterocycles. The van der Waals surface area contributed by atoms with E-state index in [-0.39, 0.29) is 16.4 Å². The predicted molar refractivity (Wildman–Crippen MR) is 173 cm³/mol. The molecule has 5 rings (SSSR count). The number of hydrogen-bond acceptors (Lipinski definition) is 9. The number of azo groups is 1. The summed E-state index contributed by atoms with van der Waals surface area (Å²) >= 11 is 0. The van der Waals surface area contributed by atoms with Crippen LogP contribution in [0.1, 0.15) is 22.5 Å². The van der Waals surface area contributed by atoms with Crippen LogP contribution in [0.15, 0.2) is 106 Å². The molecule has 0 spiro atoms. The lowest BCUT2D eigenvalue weighted by Gasteiger charge is -2.06. The summed E-state index contributed by atoms with van der Waals surface area (Å²) in [4.78, 5) is -0.0424. The van der Waals surface area contributed by atoms with Crippen molar-refractivity contribution in [2.45, 2.75) is 4.90 Å². The van der Waals surface area contributed by atoms with E-state index in [1.54, 1.807) is 47.2 Å². The molecule has 0 atom stereocenters. The van der Waals surface area contributed by atoms with Gasteiger partial charge in [-0.25, -0.2) is 18.2 Å². The molecule has 4 aromatic carbocycles. The molecule has 228 valence electrons. The van der Waals surface area contributed by atoms with Crippen LogP contribution in [0.3, 0.4) is 0 Å². The third-order valence-corrected chi connectivity index (χ3v) is 7.56. The van der Waals surface area contributed by atoms with Crippen LogP contribution in [0.25, 0.3) is 30.0 Å². The van der Waals surface area contributed by atoms with Gasteiger partial charge >= 0.3 is 0 Å². The van der Waals surface area contributed by atoms with Gasteiger partial charge in [-0.1, -0.05) is 42.5 Å². The Morgan fingerprint density at radius 2 is 1.33 bits per heavy atom. The Balaban J connectivity index is 1.66. The van der Waals surface area contributed by atoms with Gasteiger partial charge < -0.3 is 19.7 Å². The number of phenols is 2. The first-order valence-electron chi connectivity index (χ1n) is 13.5. The number of ether oxygens (including phenoxy) is 2. The zero-order chi connectivity index (χ0) is 32.0. The van der Waals surface area contributed by atoms with Crippen molar-refractivity contribution in [2.75, 3.05) is 14.2 Å². The van der Waals surface area contributed by atoms with E-state index < -0.39 is 10.0 Å². The van der Waals surface area contributed by atoms with Gasteiger partial charge in [-0.2, -0.15) is 10.2 Å².